The summed E-state index contributed by atoms with van der Waals surface area (Å²) >= 11 is 6.13. The van der Waals surface area contributed by atoms with Crippen LogP contribution in [0.4, 0.5) is 5.82 Å². The summed E-state index contributed by atoms with van der Waals surface area (Å²) in [4.78, 5) is 38.1. The number of carbonyl (C=O) groups is 2. The maximum absolute atomic E-state index is 12.6. The molecule has 1 N–H and O–H groups in total. The topological polar surface area (TPSA) is 145 Å². The van der Waals surface area contributed by atoms with Crippen LogP contribution in [0.3, 0.4) is 0 Å². The summed E-state index contributed by atoms with van der Waals surface area (Å²) in [6.07, 6.45) is -1.05. The highest BCUT2D eigenvalue weighted by Crippen LogP contribution is 2.44. The van der Waals surface area contributed by atoms with Gasteiger partial charge in [0.1, 0.15) is 18.3 Å². The average molecular weight is 528 g/mol. The summed E-state index contributed by atoms with van der Waals surface area (Å²) in [5.74, 6) is -2.17. The van der Waals surface area contributed by atoms with Gasteiger partial charge in [0.05, 0.1) is 26.1 Å². The van der Waals surface area contributed by atoms with Gasteiger partial charge < -0.3 is 33.7 Å². The summed E-state index contributed by atoms with van der Waals surface area (Å²) in [7, 11) is 1.70. The highest BCUT2D eigenvalue weighted by atomic mass is 35.5. The first kappa shape index (κ1) is 26.5. The second-order valence-corrected chi connectivity index (χ2v) is 9.17. The van der Waals surface area contributed by atoms with Crippen molar-refractivity contribution >= 4 is 40.5 Å². The van der Waals surface area contributed by atoms with Crippen LogP contribution in [-0.2, 0) is 38.0 Å². The third-order valence-corrected chi connectivity index (χ3v) is 6.07. The van der Waals surface area contributed by atoms with E-state index in [-0.39, 0.29) is 25.1 Å². The van der Waals surface area contributed by atoms with Crippen molar-refractivity contribution in [1.82, 2.24) is 19.5 Å². The van der Waals surface area contributed by atoms with Crippen LogP contribution >= 0.6 is 11.6 Å². The number of rotatable bonds is 9. The molecule has 0 aliphatic carbocycles. The van der Waals surface area contributed by atoms with Gasteiger partial charge in [0, 0.05) is 7.05 Å². The van der Waals surface area contributed by atoms with E-state index in [0.717, 1.165) is 0 Å². The lowest BCUT2D eigenvalue weighted by molar-refractivity contribution is -0.213. The number of imidazole rings is 1. The minimum atomic E-state index is -1.98. The number of halogens is 1. The molecule has 2 aliphatic heterocycles. The fraction of sp³-hybridized carbons (Fsp3) is 0.682. The molecule has 198 valence electrons. The number of nitrogens with zero attached hydrogens (tertiary/aromatic N) is 4. The monoisotopic (exact) mass is 527 g/mol. The molecule has 36 heavy (non-hydrogen) atoms. The Labute approximate surface area is 212 Å². The molecule has 4 rings (SSSR count). The standard InChI is InChI=1S/C22H30ClN5O8/c1-7-31-18(29)22(5,19(30)32-8-2)33-9-11-13-14(36-21(3,4)35-13)17(34-11)28-10-25-12-15(24-6)26-20(23)27-16(12)28/h10-11,13-14,17H,7-9H2,1-6H3,(H,24,26,27)/t11-,13-,14-,17-/m1/s1. The van der Waals surface area contributed by atoms with Gasteiger partial charge in [0.15, 0.2) is 29.0 Å². The second-order valence-electron chi connectivity index (χ2n) is 8.83. The molecule has 2 aromatic heterocycles. The molecule has 2 aliphatic rings. The fourth-order valence-electron chi connectivity index (χ4n) is 4.26. The average Bonchev–Trinajstić information content (AvgIpc) is 3.47. The van der Waals surface area contributed by atoms with E-state index in [0.29, 0.717) is 17.0 Å². The number of fused-ring (bicyclic) bond motifs is 2. The molecule has 2 aromatic rings. The summed E-state index contributed by atoms with van der Waals surface area (Å²) < 4.78 is 36.2. The van der Waals surface area contributed by atoms with Crippen molar-refractivity contribution in [3.05, 3.63) is 11.6 Å². The maximum atomic E-state index is 12.6. The highest BCUT2D eigenvalue weighted by Gasteiger charge is 2.57. The number of carbonyl (C=O) groups excluding carboxylic acids is 2. The van der Waals surface area contributed by atoms with E-state index in [1.54, 1.807) is 45.6 Å². The Morgan fingerprint density at radius 1 is 1.17 bits per heavy atom. The zero-order valence-electron chi connectivity index (χ0n) is 20.9. The van der Waals surface area contributed by atoms with E-state index >= 15 is 0 Å². The van der Waals surface area contributed by atoms with Crippen molar-refractivity contribution in [1.29, 1.82) is 0 Å². The lowest BCUT2D eigenvalue weighted by atomic mass is 10.1. The van der Waals surface area contributed by atoms with Gasteiger partial charge in [0.2, 0.25) is 5.28 Å². The molecule has 0 spiro atoms. The molecule has 14 heteroatoms. The molecule has 2 saturated heterocycles. The smallest absolute Gasteiger partial charge is 0.349 e. The number of hydrogen-bond acceptors (Lipinski definition) is 12. The minimum absolute atomic E-state index is 0.0339. The van der Waals surface area contributed by atoms with Crippen LogP contribution in [0.5, 0.6) is 0 Å². The zero-order chi connectivity index (χ0) is 26.3. The van der Waals surface area contributed by atoms with Gasteiger partial charge in [-0.15, -0.1) is 0 Å². The molecule has 0 radical (unpaired) electrons. The summed E-state index contributed by atoms with van der Waals surface area (Å²) in [5.41, 5.74) is -1.06. The SMILES string of the molecule is CCOC(=O)C(C)(OC[C@H]1O[C@@H](n2cnc3c(NC)nc(Cl)nc32)[C@@H]2OC(C)(C)O[C@@H]21)C(=O)OCC. The zero-order valence-corrected chi connectivity index (χ0v) is 21.7. The molecule has 4 atom stereocenters. The number of esters is 2. The minimum Gasteiger partial charge on any atom is -0.463 e. The predicted molar refractivity (Wildman–Crippen MR) is 125 cm³/mol. The van der Waals surface area contributed by atoms with Crippen molar-refractivity contribution in [2.24, 2.45) is 0 Å². The lowest BCUT2D eigenvalue weighted by Gasteiger charge is -2.28. The Balaban J connectivity index is 1.63. The Hall–Kier alpha value is -2.58. The maximum Gasteiger partial charge on any atom is 0.349 e. The van der Waals surface area contributed by atoms with Gasteiger partial charge in [-0.2, -0.15) is 9.97 Å². The van der Waals surface area contributed by atoms with Gasteiger partial charge in [-0.3, -0.25) is 4.57 Å². The lowest BCUT2D eigenvalue weighted by Crippen LogP contribution is -2.50. The van der Waals surface area contributed by atoms with Gasteiger partial charge in [-0.25, -0.2) is 14.6 Å². The molecule has 0 aromatic carbocycles. The van der Waals surface area contributed by atoms with Crippen molar-refractivity contribution in [2.75, 3.05) is 32.2 Å². The quantitative estimate of drug-likeness (QED) is 0.288. The third-order valence-electron chi connectivity index (χ3n) is 5.90. The second kappa shape index (κ2) is 10.1. The van der Waals surface area contributed by atoms with E-state index in [1.165, 1.54) is 6.92 Å². The fourth-order valence-corrected chi connectivity index (χ4v) is 4.42. The van der Waals surface area contributed by atoms with Crippen LogP contribution in [0.2, 0.25) is 5.28 Å². The first-order chi connectivity index (χ1) is 17.0. The Morgan fingerprint density at radius 2 is 1.81 bits per heavy atom. The van der Waals surface area contributed by atoms with E-state index < -0.39 is 47.9 Å². The molecule has 0 unspecified atom stereocenters. The van der Waals surface area contributed by atoms with Crippen molar-refractivity contribution < 1.29 is 38.0 Å². The Morgan fingerprint density at radius 3 is 2.42 bits per heavy atom. The third kappa shape index (κ3) is 4.73. The Bertz CT molecular complexity index is 1120. The van der Waals surface area contributed by atoms with Crippen LogP contribution < -0.4 is 5.32 Å². The van der Waals surface area contributed by atoms with E-state index in [2.05, 4.69) is 20.3 Å². The van der Waals surface area contributed by atoms with Crippen molar-refractivity contribution in [2.45, 2.75) is 70.5 Å². The molecular formula is C22H30ClN5O8. The first-order valence-corrected chi connectivity index (χ1v) is 12.0. The number of anilines is 1. The molecule has 0 bridgehead atoms. The highest BCUT2D eigenvalue weighted by molar-refractivity contribution is 6.28. The normalized spacial score (nSPS) is 25.1. The van der Waals surface area contributed by atoms with Crippen molar-refractivity contribution in [3.8, 4) is 0 Å². The van der Waals surface area contributed by atoms with Crippen LogP contribution in [0.15, 0.2) is 6.33 Å². The number of hydrogen-bond donors (Lipinski definition) is 1. The summed E-state index contributed by atoms with van der Waals surface area (Å²) in [6.45, 7) is 8.10. The molecule has 13 nitrogen and oxygen atoms in total. The van der Waals surface area contributed by atoms with Crippen LogP contribution in [0, 0.1) is 0 Å². The van der Waals surface area contributed by atoms with E-state index in [4.69, 9.17) is 40.0 Å². The summed E-state index contributed by atoms with van der Waals surface area (Å²) in [5, 5.41) is 2.98. The summed E-state index contributed by atoms with van der Waals surface area (Å²) in [6, 6.07) is 0. The molecule has 4 heterocycles. The van der Waals surface area contributed by atoms with E-state index in [9.17, 15) is 9.59 Å². The molecule has 0 amide bonds. The van der Waals surface area contributed by atoms with Gasteiger partial charge in [-0.05, 0) is 46.2 Å². The molecular weight excluding hydrogens is 498 g/mol. The van der Waals surface area contributed by atoms with E-state index in [1.807, 2.05) is 0 Å². The van der Waals surface area contributed by atoms with Gasteiger partial charge in [-0.1, -0.05) is 0 Å². The number of ether oxygens (including phenoxy) is 6. The Kier molecular flexibility index (Phi) is 7.40. The van der Waals surface area contributed by atoms with Gasteiger partial charge in [0.25, 0.3) is 5.60 Å². The van der Waals surface area contributed by atoms with Gasteiger partial charge >= 0.3 is 11.9 Å². The number of aromatic nitrogens is 4. The largest absolute Gasteiger partial charge is 0.463 e. The van der Waals surface area contributed by atoms with Crippen LogP contribution in [0.1, 0.15) is 40.8 Å². The number of nitrogens with one attached hydrogen (secondary N) is 1. The van der Waals surface area contributed by atoms with Crippen molar-refractivity contribution in [3.63, 3.8) is 0 Å². The molecule has 0 saturated carbocycles. The molecule has 2 fully saturated rings. The predicted octanol–water partition coefficient (Wildman–Crippen LogP) is 1.84. The van der Waals surface area contributed by atoms with Crippen LogP contribution in [0.25, 0.3) is 11.2 Å². The van der Waals surface area contributed by atoms with Crippen LogP contribution in [-0.4, -0.2) is 88.0 Å². The first-order valence-electron chi connectivity index (χ1n) is 11.6.